The van der Waals surface area contributed by atoms with Gasteiger partial charge in [-0.1, -0.05) is 6.07 Å². The van der Waals surface area contributed by atoms with Crippen LogP contribution >= 0.6 is 0 Å². The van der Waals surface area contributed by atoms with Gasteiger partial charge in [0.05, 0.1) is 43.7 Å². The number of methoxy groups -OCH3 is 2. The van der Waals surface area contributed by atoms with Crippen LogP contribution in [-0.2, 0) is 29.0 Å². The second-order valence-corrected chi connectivity index (χ2v) is 7.05. The predicted octanol–water partition coefficient (Wildman–Crippen LogP) is 2.36. The van der Waals surface area contributed by atoms with E-state index in [1.807, 2.05) is 18.5 Å². The monoisotopic (exact) mass is 398 g/mol. The molecule has 2 heterocycles. The van der Waals surface area contributed by atoms with E-state index < -0.39 is 0 Å². The van der Waals surface area contributed by atoms with Gasteiger partial charge in [0.25, 0.3) is 5.91 Å². The third kappa shape index (κ3) is 4.42. The first-order valence-corrected chi connectivity index (χ1v) is 9.57. The number of carbonyl (C=O) groups is 1. The standard InChI is InChI=1S/C21H26N4O4/c1-13-9-17-19(24-25(7-8-27-3)20(17)14(2)29-13)21(26)23-12-15-5-6-16(11-22)18(10-15)28-4/h5-6,10,13-14H,7-9,12H2,1-4H3,(H,23,26)/t13-,14+/m1/s1. The minimum atomic E-state index is -0.234. The normalized spacial score (nSPS) is 18.0. The van der Waals surface area contributed by atoms with Crippen molar-refractivity contribution in [3.8, 4) is 11.8 Å². The van der Waals surface area contributed by atoms with Gasteiger partial charge in [0.1, 0.15) is 11.8 Å². The lowest BCUT2D eigenvalue weighted by molar-refractivity contribution is -0.0101. The van der Waals surface area contributed by atoms with E-state index in [1.165, 1.54) is 7.11 Å². The van der Waals surface area contributed by atoms with E-state index in [1.54, 1.807) is 25.3 Å². The Kier molecular flexibility index (Phi) is 6.52. The number of carbonyl (C=O) groups excluding carboxylic acids is 1. The van der Waals surface area contributed by atoms with Crippen LogP contribution in [0.2, 0.25) is 0 Å². The third-order valence-electron chi connectivity index (χ3n) is 4.97. The summed E-state index contributed by atoms with van der Waals surface area (Å²) < 4.78 is 18.1. The summed E-state index contributed by atoms with van der Waals surface area (Å²) in [4.78, 5) is 12.9. The molecule has 1 aromatic carbocycles. The number of hydrogen-bond donors (Lipinski definition) is 1. The van der Waals surface area contributed by atoms with Gasteiger partial charge in [-0.3, -0.25) is 9.48 Å². The van der Waals surface area contributed by atoms with Gasteiger partial charge in [-0.2, -0.15) is 10.4 Å². The first kappa shape index (κ1) is 20.8. The van der Waals surface area contributed by atoms with E-state index in [9.17, 15) is 4.79 Å². The molecule has 8 nitrogen and oxygen atoms in total. The average Bonchev–Trinajstić information content (AvgIpc) is 3.08. The van der Waals surface area contributed by atoms with Crippen molar-refractivity contribution in [1.82, 2.24) is 15.1 Å². The highest BCUT2D eigenvalue weighted by Crippen LogP contribution is 2.32. The molecule has 0 fully saturated rings. The Morgan fingerprint density at radius 3 is 2.90 bits per heavy atom. The molecule has 3 rings (SSSR count). The summed E-state index contributed by atoms with van der Waals surface area (Å²) >= 11 is 0. The largest absolute Gasteiger partial charge is 0.495 e. The first-order valence-electron chi connectivity index (χ1n) is 9.57. The molecule has 0 aliphatic carbocycles. The number of hydrogen-bond acceptors (Lipinski definition) is 6. The van der Waals surface area contributed by atoms with E-state index in [2.05, 4.69) is 16.5 Å². The molecular formula is C21H26N4O4. The Labute approximate surface area is 170 Å². The summed E-state index contributed by atoms with van der Waals surface area (Å²) in [5, 5.41) is 16.6. The van der Waals surface area contributed by atoms with Gasteiger partial charge >= 0.3 is 0 Å². The van der Waals surface area contributed by atoms with Crippen LogP contribution in [0, 0.1) is 11.3 Å². The second kappa shape index (κ2) is 9.07. The Morgan fingerprint density at radius 1 is 1.41 bits per heavy atom. The third-order valence-corrected chi connectivity index (χ3v) is 4.97. The average molecular weight is 398 g/mol. The van der Waals surface area contributed by atoms with Crippen molar-refractivity contribution in [1.29, 1.82) is 5.26 Å². The van der Waals surface area contributed by atoms with Crippen LogP contribution in [0.3, 0.4) is 0 Å². The van der Waals surface area contributed by atoms with Crippen LogP contribution in [-0.4, -0.2) is 42.6 Å². The summed E-state index contributed by atoms with van der Waals surface area (Å²) in [5.41, 5.74) is 3.59. The highest BCUT2D eigenvalue weighted by atomic mass is 16.5. The molecule has 1 aromatic heterocycles. The van der Waals surface area contributed by atoms with Crippen molar-refractivity contribution in [3.63, 3.8) is 0 Å². The number of nitriles is 1. The van der Waals surface area contributed by atoms with E-state index in [4.69, 9.17) is 19.5 Å². The van der Waals surface area contributed by atoms with Crippen LogP contribution in [0.4, 0.5) is 0 Å². The topological polar surface area (TPSA) is 98.4 Å². The molecule has 0 saturated heterocycles. The quantitative estimate of drug-likeness (QED) is 0.769. The maximum absolute atomic E-state index is 12.9. The molecule has 0 spiro atoms. The molecule has 0 saturated carbocycles. The van der Waals surface area contributed by atoms with E-state index in [0.717, 1.165) is 16.8 Å². The number of rotatable bonds is 7. The van der Waals surface area contributed by atoms with Gasteiger partial charge in [0, 0.05) is 25.6 Å². The molecule has 2 atom stereocenters. The zero-order chi connectivity index (χ0) is 21.0. The number of nitrogens with zero attached hydrogens (tertiary/aromatic N) is 3. The van der Waals surface area contributed by atoms with Gasteiger partial charge < -0.3 is 19.5 Å². The van der Waals surface area contributed by atoms with Crippen LogP contribution in [0.15, 0.2) is 18.2 Å². The van der Waals surface area contributed by atoms with E-state index >= 15 is 0 Å². The summed E-state index contributed by atoms with van der Waals surface area (Å²) in [6.45, 7) is 5.34. The molecule has 0 radical (unpaired) electrons. The summed E-state index contributed by atoms with van der Waals surface area (Å²) in [5.74, 6) is 0.252. The number of fused-ring (bicyclic) bond motifs is 1. The maximum atomic E-state index is 12.9. The van der Waals surface area contributed by atoms with Gasteiger partial charge in [0.15, 0.2) is 5.69 Å². The smallest absolute Gasteiger partial charge is 0.272 e. The number of ether oxygens (including phenoxy) is 3. The van der Waals surface area contributed by atoms with Gasteiger partial charge in [-0.15, -0.1) is 0 Å². The Morgan fingerprint density at radius 2 is 2.21 bits per heavy atom. The fourth-order valence-corrected chi connectivity index (χ4v) is 3.65. The molecule has 2 aromatic rings. The van der Waals surface area contributed by atoms with Crippen molar-refractivity contribution >= 4 is 5.91 Å². The zero-order valence-corrected chi connectivity index (χ0v) is 17.2. The van der Waals surface area contributed by atoms with Crippen molar-refractivity contribution in [2.75, 3.05) is 20.8 Å². The maximum Gasteiger partial charge on any atom is 0.272 e. The summed E-state index contributed by atoms with van der Waals surface area (Å²) in [7, 11) is 3.15. The van der Waals surface area contributed by atoms with Gasteiger partial charge in [-0.25, -0.2) is 0 Å². The van der Waals surface area contributed by atoms with E-state index in [-0.39, 0.29) is 18.1 Å². The molecule has 154 valence electrons. The SMILES string of the molecule is COCCn1nc(C(=O)NCc2ccc(C#N)c(OC)c2)c2c1[C@H](C)O[C@H](C)C2. The fourth-order valence-electron chi connectivity index (χ4n) is 3.65. The lowest BCUT2D eigenvalue weighted by atomic mass is 9.99. The molecule has 1 aliphatic heterocycles. The summed E-state index contributed by atoms with van der Waals surface area (Å²) in [6, 6.07) is 7.31. The van der Waals surface area contributed by atoms with Crippen LogP contribution in [0.1, 0.15) is 52.8 Å². The zero-order valence-electron chi connectivity index (χ0n) is 17.2. The van der Waals surface area contributed by atoms with Crippen LogP contribution in [0.5, 0.6) is 5.75 Å². The minimum Gasteiger partial charge on any atom is -0.495 e. The Balaban J connectivity index is 1.81. The lowest BCUT2D eigenvalue weighted by Gasteiger charge is -2.27. The predicted molar refractivity (Wildman–Crippen MR) is 106 cm³/mol. The second-order valence-electron chi connectivity index (χ2n) is 7.05. The van der Waals surface area contributed by atoms with Crippen LogP contribution in [0.25, 0.3) is 0 Å². The molecule has 1 N–H and O–H groups in total. The molecule has 1 amide bonds. The molecule has 29 heavy (non-hydrogen) atoms. The molecular weight excluding hydrogens is 372 g/mol. The van der Waals surface area contributed by atoms with Gasteiger partial charge in [-0.05, 0) is 31.5 Å². The van der Waals surface area contributed by atoms with E-state index in [0.29, 0.717) is 43.1 Å². The molecule has 1 aliphatic rings. The number of amides is 1. The Hall–Kier alpha value is -2.89. The highest BCUT2D eigenvalue weighted by Gasteiger charge is 2.32. The Bertz CT molecular complexity index is 931. The van der Waals surface area contributed by atoms with Crippen molar-refractivity contribution in [2.45, 2.75) is 45.6 Å². The number of aromatic nitrogens is 2. The lowest BCUT2D eigenvalue weighted by Crippen LogP contribution is -2.27. The first-order chi connectivity index (χ1) is 14.0. The molecule has 8 heteroatoms. The molecule has 0 bridgehead atoms. The summed E-state index contributed by atoms with van der Waals surface area (Å²) in [6.07, 6.45) is 0.523. The highest BCUT2D eigenvalue weighted by molar-refractivity contribution is 5.94. The molecule has 0 unspecified atom stereocenters. The van der Waals surface area contributed by atoms with Crippen LogP contribution < -0.4 is 10.1 Å². The van der Waals surface area contributed by atoms with Crippen molar-refractivity contribution in [2.24, 2.45) is 0 Å². The van der Waals surface area contributed by atoms with Crippen molar-refractivity contribution in [3.05, 3.63) is 46.3 Å². The van der Waals surface area contributed by atoms with Crippen molar-refractivity contribution < 1.29 is 19.0 Å². The number of benzene rings is 1. The van der Waals surface area contributed by atoms with Gasteiger partial charge in [0.2, 0.25) is 0 Å². The minimum absolute atomic E-state index is 0.0203. The fraction of sp³-hybridized carbons (Fsp3) is 0.476. The number of nitrogens with one attached hydrogen (secondary N) is 1.